The van der Waals surface area contributed by atoms with E-state index in [1.54, 1.807) is 0 Å². The molecule has 0 aliphatic heterocycles. The normalized spacial score (nSPS) is 14.2. The number of carboxylic acids is 1. The quantitative estimate of drug-likeness (QED) is 0.893. The fourth-order valence-electron chi connectivity index (χ4n) is 1.53. The molecule has 5 heteroatoms. The number of aliphatic carboxylic acids is 1. The van der Waals surface area contributed by atoms with Crippen LogP contribution in [0.25, 0.3) is 0 Å². The minimum atomic E-state index is -1.24. The Morgan fingerprint density at radius 3 is 2.05 bits per heavy atom. The summed E-state index contributed by atoms with van der Waals surface area (Å²) >= 11 is 0. The number of nitrogens with two attached hydrogens (primary N) is 1. The third kappa shape index (κ3) is 5.94. The predicted octanol–water partition coefficient (Wildman–Crippen LogP) is 2.63. The highest BCUT2D eigenvalue weighted by Gasteiger charge is 2.28. The van der Waals surface area contributed by atoms with Crippen molar-refractivity contribution in [3.8, 4) is 5.75 Å². The summed E-state index contributed by atoms with van der Waals surface area (Å²) in [7, 11) is 0. The summed E-state index contributed by atoms with van der Waals surface area (Å²) in [6.07, 6.45) is 0.290. The largest absolute Gasteiger partial charge is 0.488 e. The second-order valence-electron chi connectivity index (χ2n) is 5.76. The standard InChI is InChI=1S/C14H21NO3.ClH/c1-13(2,3)18-11-7-5-10(6-8-11)9-14(4,15)12(16)17;/h5-8H,9,15H2,1-4H3,(H,16,17);1H/t14-;/m0./s1. The highest BCUT2D eigenvalue weighted by molar-refractivity contribution is 5.85. The zero-order chi connectivity index (χ0) is 14.0. The number of rotatable bonds is 4. The Hall–Kier alpha value is -1.26. The lowest BCUT2D eigenvalue weighted by atomic mass is 9.94. The molecule has 0 amide bonds. The average Bonchev–Trinajstić information content (AvgIpc) is 2.18. The lowest BCUT2D eigenvalue weighted by Crippen LogP contribution is -2.46. The minimum absolute atomic E-state index is 0. The molecule has 1 aromatic carbocycles. The highest BCUT2D eigenvalue weighted by Crippen LogP contribution is 2.20. The van der Waals surface area contributed by atoms with Crippen molar-refractivity contribution in [3.05, 3.63) is 29.8 Å². The first-order chi connectivity index (χ1) is 8.10. The van der Waals surface area contributed by atoms with Gasteiger partial charge in [0, 0.05) is 6.42 Å². The van der Waals surface area contributed by atoms with Crippen LogP contribution in [0.2, 0.25) is 0 Å². The van der Waals surface area contributed by atoms with Crippen LogP contribution in [0.3, 0.4) is 0 Å². The van der Waals surface area contributed by atoms with Crippen LogP contribution in [0.4, 0.5) is 0 Å². The average molecular weight is 288 g/mol. The maximum absolute atomic E-state index is 10.9. The van der Waals surface area contributed by atoms with E-state index < -0.39 is 11.5 Å². The molecular formula is C14H22ClNO3. The van der Waals surface area contributed by atoms with Gasteiger partial charge in [0.25, 0.3) is 0 Å². The fraction of sp³-hybridized carbons (Fsp3) is 0.500. The van der Waals surface area contributed by atoms with Crippen LogP contribution < -0.4 is 10.5 Å². The Morgan fingerprint density at radius 1 is 1.21 bits per heavy atom. The van der Waals surface area contributed by atoms with E-state index in [1.165, 1.54) is 6.92 Å². The molecule has 0 aromatic heterocycles. The Balaban J connectivity index is 0.00000324. The summed E-state index contributed by atoms with van der Waals surface area (Å²) in [6, 6.07) is 7.35. The van der Waals surface area contributed by atoms with Crippen LogP contribution in [0, 0.1) is 0 Å². The van der Waals surface area contributed by atoms with Crippen LogP contribution >= 0.6 is 12.4 Å². The molecule has 0 unspecified atom stereocenters. The van der Waals surface area contributed by atoms with Gasteiger partial charge in [-0.05, 0) is 45.4 Å². The number of hydrogen-bond donors (Lipinski definition) is 2. The smallest absolute Gasteiger partial charge is 0.323 e. The van der Waals surface area contributed by atoms with E-state index in [0.717, 1.165) is 11.3 Å². The summed E-state index contributed by atoms with van der Waals surface area (Å²) in [6.45, 7) is 7.43. The lowest BCUT2D eigenvalue weighted by Gasteiger charge is -2.22. The first-order valence-corrected chi connectivity index (χ1v) is 5.90. The maximum atomic E-state index is 10.9. The number of halogens is 1. The van der Waals surface area contributed by atoms with Crippen LogP contribution in [-0.2, 0) is 11.2 Å². The summed E-state index contributed by atoms with van der Waals surface area (Å²) in [5.74, 6) is -0.238. The van der Waals surface area contributed by atoms with Crippen molar-refractivity contribution in [1.82, 2.24) is 0 Å². The van der Waals surface area contributed by atoms with Gasteiger partial charge < -0.3 is 15.6 Å². The van der Waals surface area contributed by atoms with Crippen molar-refractivity contribution >= 4 is 18.4 Å². The van der Waals surface area contributed by atoms with E-state index in [9.17, 15) is 4.79 Å². The van der Waals surface area contributed by atoms with Gasteiger partial charge in [-0.2, -0.15) is 0 Å². The van der Waals surface area contributed by atoms with Gasteiger partial charge in [-0.3, -0.25) is 4.79 Å². The molecule has 1 aromatic rings. The van der Waals surface area contributed by atoms with Gasteiger partial charge in [-0.15, -0.1) is 12.4 Å². The Kier molecular flexibility index (Phi) is 5.84. The van der Waals surface area contributed by atoms with Gasteiger partial charge in [-0.25, -0.2) is 0 Å². The summed E-state index contributed by atoms with van der Waals surface area (Å²) in [5, 5.41) is 8.96. The Morgan fingerprint density at radius 2 is 1.68 bits per heavy atom. The second-order valence-corrected chi connectivity index (χ2v) is 5.76. The van der Waals surface area contributed by atoms with E-state index in [4.69, 9.17) is 15.6 Å². The molecule has 0 spiro atoms. The molecule has 4 nitrogen and oxygen atoms in total. The number of ether oxygens (including phenoxy) is 1. The molecule has 0 saturated heterocycles. The van der Waals surface area contributed by atoms with Gasteiger partial charge in [0.15, 0.2) is 0 Å². The van der Waals surface area contributed by atoms with Crippen molar-refractivity contribution in [3.63, 3.8) is 0 Å². The van der Waals surface area contributed by atoms with Crippen molar-refractivity contribution in [1.29, 1.82) is 0 Å². The molecule has 0 fully saturated rings. The van der Waals surface area contributed by atoms with Gasteiger partial charge in [0.05, 0.1) is 0 Å². The van der Waals surface area contributed by atoms with Crippen LogP contribution in [0.1, 0.15) is 33.3 Å². The number of carbonyl (C=O) groups is 1. The molecule has 0 heterocycles. The molecular weight excluding hydrogens is 266 g/mol. The Bertz CT molecular complexity index is 421. The topological polar surface area (TPSA) is 72.5 Å². The molecule has 0 saturated carbocycles. The molecule has 108 valence electrons. The van der Waals surface area contributed by atoms with Gasteiger partial charge >= 0.3 is 5.97 Å². The zero-order valence-corrected chi connectivity index (χ0v) is 12.6. The van der Waals surface area contributed by atoms with E-state index >= 15 is 0 Å². The predicted molar refractivity (Wildman–Crippen MR) is 78.0 cm³/mol. The third-order valence-electron chi connectivity index (χ3n) is 2.41. The maximum Gasteiger partial charge on any atom is 0.323 e. The van der Waals surface area contributed by atoms with Crippen LogP contribution in [-0.4, -0.2) is 22.2 Å². The number of hydrogen-bond acceptors (Lipinski definition) is 3. The molecule has 1 rings (SSSR count). The fourth-order valence-corrected chi connectivity index (χ4v) is 1.53. The minimum Gasteiger partial charge on any atom is -0.488 e. The SMILES string of the molecule is CC(C)(C)Oc1ccc(C[C@](C)(N)C(=O)O)cc1.Cl. The van der Waals surface area contributed by atoms with E-state index in [2.05, 4.69) is 0 Å². The summed E-state index contributed by atoms with van der Waals surface area (Å²) < 4.78 is 5.69. The van der Waals surface area contributed by atoms with Crippen molar-refractivity contribution in [2.45, 2.75) is 45.3 Å². The molecule has 3 N–H and O–H groups in total. The first-order valence-electron chi connectivity index (χ1n) is 5.90. The molecule has 0 bridgehead atoms. The van der Waals surface area contributed by atoms with Crippen molar-refractivity contribution < 1.29 is 14.6 Å². The number of carboxylic acid groups (broad SMARTS) is 1. The first kappa shape index (κ1) is 17.7. The Labute approximate surface area is 120 Å². The monoisotopic (exact) mass is 287 g/mol. The van der Waals surface area contributed by atoms with Crippen molar-refractivity contribution in [2.24, 2.45) is 5.73 Å². The molecule has 1 atom stereocenters. The van der Waals surface area contributed by atoms with Crippen molar-refractivity contribution in [2.75, 3.05) is 0 Å². The molecule has 0 radical (unpaired) electrons. The van der Waals surface area contributed by atoms with E-state index in [-0.39, 0.29) is 24.4 Å². The van der Waals surface area contributed by atoms with Gasteiger partial charge in [0.1, 0.15) is 16.9 Å². The molecule has 0 aliphatic carbocycles. The highest BCUT2D eigenvalue weighted by atomic mass is 35.5. The summed E-state index contributed by atoms with van der Waals surface area (Å²) in [4.78, 5) is 10.9. The zero-order valence-electron chi connectivity index (χ0n) is 11.8. The number of benzene rings is 1. The molecule has 0 aliphatic rings. The van der Waals surface area contributed by atoms with E-state index in [0.29, 0.717) is 0 Å². The lowest BCUT2D eigenvalue weighted by molar-refractivity contribution is -0.142. The van der Waals surface area contributed by atoms with Crippen LogP contribution in [0.5, 0.6) is 5.75 Å². The van der Waals surface area contributed by atoms with Gasteiger partial charge in [0.2, 0.25) is 0 Å². The molecule has 19 heavy (non-hydrogen) atoms. The third-order valence-corrected chi connectivity index (χ3v) is 2.41. The van der Waals surface area contributed by atoms with Crippen LogP contribution in [0.15, 0.2) is 24.3 Å². The summed E-state index contributed by atoms with van der Waals surface area (Å²) in [5.41, 5.74) is 5.09. The second kappa shape index (κ2) is 6.26. The van der Waals surface area contributed by atoms with E-state index in [1.807, 2.05) is 45.0 Å². The van der Waals surface area contributed by atoms with Gasteiger partial charge in [-0.1, -0.05) is 12.1 Å².